The molecule has 14 heavy (non-hydrogen) atoms. The van der Waals surface area contributed by atoms with E-state index in [1.54, 1.807) is 0 Å². The summed E-state index contributed by atoms with van der Waals surface area (Å²) in [5.41, 5.74) is -0.622. The highest BCUT2D eigenvalue weighted by Gasteiger charge is 2.33. The number of hydrogen-bond donors (Lipinski definition) is 1. The fraction of sp³-hybridized carbons (Fsp3) is 0.444. The molecule has 1 aromatic rings. The number of halogens is 3. The fourth-order valence-corrected chi connectivity index (χ4v) is 1.08. The molecule has 0 atom stereocenters. The molecule has 78 valence electrons. The lowest BCUT2D eigenvalue weighted by atomic mass is 10.2. The molecule has 0 saturated heterocycles. The first-order chi connectivity index (χ1) is 6.55. The van der Waals surface area contributed by atoms with Crippen molar-refractivity contribution in [2.24, 2.45) is 0 Å². The van der Waals surface area contributed by atoms with Gasteiger partial charge >= 0.3 is 6.18 Å². The standard InChI is InChI=1S/C9H11F3N2/c1-2-13-6-8-7(9(10,11)12)4-3-5-14-8/h3-5,13H,2,6H2,1H3. The molecule has 1 rings (SSSR count). The largest absolute Gasteiger partial charge is 0.418 e. The Bertz CT molecular complexity index is 296. The number of hydrogen-bond acceptors (Lipinski definition) is 2. The van der Waals surface area contributed by atoms with Crippen molar-refractivity contribution in [2.75, 3.05) is 6.54 Å². The van der Waals surface area contributed by atoms with E-state index in [-0.39, 0.29) is 12.2 Å². The average Bonchev–Trinajstić information content (AvgIpc) is 2.14. The predicted octanol–water partition coefficient (Wildman–Crippen LogP) is 2.21. The smallest absolute Gasteiger partial charge is 0.311 e. The summed E-state index contributed by atoms with van der Waals surface area (Å²) < 4.78 is 37.2. The van der Waals surface area contributed by atoms with Gasteiger partial charge in [0.2, 0.25) is 0 Å². The lowest BCUT2D eigenvalue weighted by Crippen LogP contribution is -2.18. The van der Waals surface area contributed by atoms with E-state index in [9.17, 15) is 13.2 Å². The molecule has 0 aliphatic carbocycles. The van der Waals surface area contributed by atoms with E-state index in [4.69, 9.17) is 0 Å². The second-order valence-electron chi connectivity index (χ2n) is 2.78. The molecule has 0 spiro atoms. The molecule has 0 saturated carbocycles. The molecular weight excluding hydrogens is 193 g/mol. The first-order valence-corrected chi connectivity index (χ1v) is 4.27. The van der Waals surface area contributed by atoms with Crippen LogP contribution in [0.5, 0.6) is 0 Å². The molecular formula is C9H11F3N2. The number of aromatic nitrogens is 1. The highest BCUT2D eigenvalue weighted by Crippen LogP contribution is 2.30. The van der Waals surface area contributed by atoms with Gasteiger partial charge in [0, 0.05) is 12.7 Å². The molecule has 0 amide bonds. The molecule has 0 unspecified atom stereocenters. The summed E-state index contributed by atoms with van der Waals surface area (Å²) in [5, 5.41) is 2.81. The zero-order valence-electron chi connectivity index (χ0n) is 7.73. The van der Waals surface area contributed by atoms with Crippen LogP contribution in [-0.4, -0.2) is 11.5 Å². The Labute approximate surface area is 80.2 Å². The lowest BCUT2D eigenvalue weighted by molar-refractivity contribution is -0.138. The van der Waals surface area contributed by atoms with Gasteiger partial charge in [-0.3, -0.25) is 4.98 Å². The molecule has 5 heteroatoms. The number of pyridine rings is 1. The van der Waals surface area contributed by atoms with Gasteiger partial charge in [0.25, 0.3) is 0 Å². The van der Waals surface area contributed by atoms with Gasteiger partial charge < -0.3 is 5.32 Å². The third-order valence-electron chi connectivity index (χ3n) is 1.74. The lowest BCUT2D eigenvalue weighted by Gasteiger charge is -2.11. The van der Waals surface area contributed by atoms with Gasteiger partial charge in [0.05, 0.1) is 11.3 Å². The van der Waals surface area contributed by atoms with Crippen LogP contribution >= 0.6 is 0 Å². The van der Waals surface area contributed by atoms with Crippen LogP contribution in [0.15, 0.2) is 18.3 Å². The van der Waals surface area contributed by atoms with E-state index in [0.29, 0.717) is 6.54 Å². The van der Waals surface area contributed by atoms with Crippen LogP contribution in [0.25, 0.3) is 0 Å². The summed E-state index contributed by atoms with van der Waals surface area (Å²) in [7, 11) is 0. The van der Waals surface area contributed by atoms with Crippen molar-refractivity contribution in [3.8, 4) is 0 Å². The van der Waals surface area contributed by atoms with E-state index in [2.05, 4.69) is 10.3 Å². The van der Waals surface area contributed by atoms with Crippen LogP contribution in [0, 0.1) is 0 Å². The summed E-state index contributed by atoms with van der Waals surface area (Å²) in [4.78, 5) is 3.70. The van der Waals surface area contributed by atoms with Gasteiger partial charge in [-0.2, -0.15) is 13.2 Å². The van der Waals surface area contributed by atoms with Gasteiger partial charge in [-0.15, -0.1) is 0 Å². The minimum Gasteiger partial charge on any atom is -0.311 e. The first kappa shape index (κ1) is 11.0. The van der Waals surface area contributed by atoms with E-state index >= 15 is 0 Å². The third kappa shape index (κ3) is 2.70. The van der Waals surface area contributed by atoms with Gasteiger partial charge in [-0.1, -0.05) is 6.92 Å². The summed E-state index contributed by atoms with van der Waals surface area (Å²) in [5.74, 6) is 0. The average molecular weight is 204 g/mol. The quantitative estimate of drug-likeness (QED) is 0.816. The molecule has 0 radical (unpaired) electrons. The van der Waals surface area contributed by atoms with E-state index in [0.717, 1.165) is 6.07 Å². The molecule has 0 fully saturated rings. The minimum absolute atomic E-state index is 0.0434. The van der Waals surface area contributed by atoms with E-state index in [1.807, 2.05) is 6.92 Å². The molecule has 1 aromatic heterocycles. The topological polar surface area (TPSA) is 24.9 Å². The maximum Gasteiger partial charge on any atom is 0.418 e. The first-order valence-electron chi connectivity index (χ1n) is 4.27. The van der Waals surface area contributed by atoms with Crippen molar-refractivity contribution in [3.05, 3.63) is 29.6 Å². The number of nitrogens with one attached hydrogen (secondary N) is 1. The molecule has 1 heterocycles. The van der Waals surface area contributed by atoms with Crippen LogP contribution in [-0.2, 0) is 12.7 Å². The Kier molecular flexibility index (Phi) is 3.46. The molecule has 0 aliphatic rings. The summed E-state index contributed by atoms with van der Waals surface area (Å²) in [6.07, 6.45) is -2.96. The van der Waals surface area contributed by atoms with Crippen LogP contribution in [0.1, 0.15) is 18.2 Å². The molecule has 2 nitrogen and oxygen atoms in total. The minimum atomic E-state index is -4.32. The Morgan fingerprint density at radius 3 is 2.71 bits per heavy atom. The van der Waals surface area contributed by atoms with Gasteiger partial charge in [-0.05, 0) is 18.7 Å². The fourth-order valence-electron chi connectivity index (χ4n) is 1.08. The molecule has 1 N–H and O–H groups in total. The zero-order chi connectivity index (χ0) is 10.6. The second-order valence-corrected chi connectivity index (χ2v) is 2.78. The van der Waals surface area contributed by atoms with Crippen LogP contribution in [0.4, 0.5) is 13.2 Å². The Hall–Kier alpha value is -1.10. The molecule has 0 aromatic carbocycles. The zero-order valence-corrected chi connectivity index (χ0v) is 7.73. The van der Waals surface area contributed by atoms with Crippen molar-refractivity contribution in [3.63, 3.8) is 0 Å². The normalized spacial score (nSPS) is 11.7. The Morgan fingerprint density at radius 1 is 1.43 bits per heavy atom. The Balaban J connectivity index is 2.92. The van der Waals surface area contributed by atoms with Gasteiger partial charge in [0.1, 0.15) is 0 Å². The maximum absolute atomic E-state index is 12.4. The Morgan fingerprint density at radius 2 is 2.14 bits per heavy atom. The number of rotatable bonds is 3. The second kappa shape index (κ2) is 4.41. The molecule has 0 aliphatic heterocycles. The van der Waals surface area contributed by atoms with Crippen molar-refractivity contribution in [2.45, 2.75) is 19.6 Å². The van der Waals surface area contributed by atoms with Crippen molar-refractivity contribution in [1.29, 1.82) is 0 Å². The summed E-state index contributed by atoms with van der Waals surface area (Å²) >= 11 is 0. The number of alkyl halides is 3. The van der Waals surface area contributed by atoms with E-state index < -0.39 is 11.7 Å². The van der Waals surface area contributed by atoms with Gasteiger partial charge in [0.15, 0.2) is 0 Å². The third-order valence-corrected chi connectivity index (χ3v) is 1.74. The predicted molar refractivity (Wildman–Crippen MR) is 46.6 cm³/mol. The van der Waals surface area contributed by atoms with Crippen LogP contribution in [0.3, 0.4) is 0 Å². The van der Waals surface area contributed by atoms with Crippen LogP contribution in [0.2, 0.25) is 0 Å². The maximum atomic E-state index is 12.4. The van der Waals surface area contributed by atoms with Gasteiger partial charge in [-0.25, -0.2) is 0 Å². The monoisotopic (exact) mass is 204 g/mol. The highest BCUT2D eigenvalue weighted by atomic mass is 19.4. The summed E-state index contributed by atoms with van der Waals surface area (Å²) in [6, 6.07) is 2.33. The van der Waals surface area contributed by atoms with Crippen LogP contribution < -0.4 is 5.32 Å². The van der Waals surface area contributed by atoms with Crippen molar-refractivity contribution >= 4 is 0 Å². The molecule has 0 bridgehead atoms. The van der Waals surface area contributed by atoms with Crippen molar-refractivity contribution in [1.82, 2.24) is 10.3 Å². The summed E-state index contributed by atoms with van der Waals surface area (Å²) in [6.45, 7) is 2.59. The highest BCUT2D eigenvalue weighted by molar-refractivity contribution is 5.22. The SMILES string of the molecule is CCNCc1ncccc1C(F)(F)F. The number of nitrogens with zero attached hydrogens (tertiary/aromatic N) is 1. The van der Waals surface area contributed by atoms with Crippen molar-refractivity contribution < 1.29 is 13.2 Å². The van der Waals surface area contributed by atoms with E-state index in [1.165, 1.54) is 12.3 Å².